The predicted octanol–water partition coefficient (Wildman–Crippen LogP) is 4.85. The summed E-state index contributed by atoms with van der Waals surface area (Å²) in [5, 5.41) is 9.41. The van der Waals surface area contributed by atoms with E-state index in [0.717, 1.165) is 23.7 Å². The van der Waals surface area contributed by atoms with Gasteiger partial charge < -0.3 is 5.32 Å². The normalized spacial score (nSPS) is 18.3. The number of aryl methyl sites for hydroxylation is 1. The summed E-state index contributed by atoms with van der Waals surface area (Å²) in [7, 11) is 0. The van der Waals surface area contributed by atoms with Gasteiger partial charge in [-0.1, -0.05) is 24.1 Å². The molecule has 2 aromatic rings. The third-order valence-electron chi connectivity index (χ3n) is 5.05. The number of benzene rings is 1. The minimum absolute atomic E-state index is 0.661. The molecule has 0 amide bonds. The fraction of sp³-hybridized carbons (Fsp3) is 0.500. The van der Waals surface area contributed by atoms with E-state index >= 15 is 0 Å². The number of halogens is 1. The van der Waals surface area contributed by atoms with E-state index in [0.29, 0.717) is 5.92 Å². The molecule has 0 saturated heterocycles. The van der Waals surface area contributed by atoms with Crippen LogP contribution in [0.5, 0.6) is 0 Å². The van der Waals surface area contributed by atoms with Gasteiger partial charge >= 0.3 is 0 Å². The van der Waals surface area contributed by atoms with E-state index in [9.17, 15) is 0 Å². The van der Waals surface area contributed by atoms with Crippen molar-refractivity contribution in [3.8, 4) is 5.69 Å². The first-order chi connectivity index (χ1) is 10.7. The molecular formula is C18H22ClN3. The molecule has 3 nitrogen and oxygen atoms in total. The molecule has 0 radical (unpaired) electrons. The molecule has 116 valence electrons. The molecule has 4 heteroatoms. The molecule has 2 aliphatic rings. The summed E-state index contributed by atoms with van der Waals surface area (Å²) in [6.07, 6.45) is 7.55. The maximum absolute atomic E-state index is 6.23. The Morgan fingerprint density at radius 1 is 1.23 bits per heavy atom. The third kappa shape index (κ3) is 2.32. The van der Waals surface area contributed by atoms with Crippen molar-refractivity contribution in [1.29, 1.82) is 0 Å². The molecule has 0 bridgehead atoms. The first-order valence-electron chi connectivity index (χ1n) is 8.36. The van der Waals surface area contributed by atoms with Gasteiger partial charge in [0.15, 0.2) is 0 Å². The van der Waals surface area contributed by atoms with Crippen LogP contribution < -0.4 is 5.32 Å². The fourth-order valence-corrected chi connectivity index (χ4v) is 3.69. The number of nitrogens with one attached hydrogen (secondary N) is 1. The number of fused-ring (bicyclic) bond motifs is 1. The Morgan fingerprint density at radius 3 is 2.86 bits per heavy atom. The molecule has 1 aromatic heterocycles. The van der Waals surface area contributed by atoms with Gasteiger partial charge in [0.05, 0.1) is 11.4 Å². The first-order valence-corrected chi connectivity index (χ1v) is 8.74. The van der Waals surface area contributed by atoms with Crippen LogP contribution >= 0.6 is 11.6 Å². The lowest BCUT2D eigenvalue weighted by Gasteiger charge is -2.24. The van der Waals surface area contributed by atoms with E-state index in [1.807, 2.05) is 12.1 Å². The average molecular weight is 316 g/mol. The quantitative estimate of drug-likeness (QED) is 0.858. The number of hydrogen-bond acceptors (Lipinski definition) is 2. The van der Waals surface area contributed by atoms with Crippen molar-refractivity contribution in [2.24, 2.45) is 0 Å². The highest BCUT2D eigenvalue weighted by Crippen LogP contribution is 2.41. The zero-order valence-corrected chi connectivity index (χ0v) is 13.8. The Hall–Kier alpha value is -1.48. The number of anilines is 1. The Balaban J connectivity index is 1.88. The summed E-state index contributed by atoms with van der Waals surface area (Å²) in [5.41, 5.74) is 5.08. The number of nitrogens with zero attached hydrogens (tertiary/aromatic N) is 2. The van der Waals surface area contributed by atoms with Crippen molar-refractivity contribution >= 4 is 17.4 Å². The molecule has 2 heterocycles. The molecule has 1 saturated carbocycles. The SMILES string of the molecule is Cc1ccc(Cl)cc1-n1nc(C2CCC2)c2c1NCCCC2. The van der Waals surface area contributed by atoms with Gasteiger partial charge in [0.1, 0.15) is 5.82 Å². The van der Waals surface area contributed by atoms with Gasteiger partial charge in [-0.05, 0) is 56.7 Å². The van der Waals surface area contributed by atoms with Gasteiger partial charge in [-0.15, -0.1) is 0 Å². The fourth-order valence-electron chi connectivity index (χ4n) is 3.52. The molecule has 0 spiro atoms. The monoisotopic (exact) mass is 315 g/mol. The summed E-state index contributed by atoms with van der Waals surface area (Å²) in [6, 6.07) is 6.05. The highest BCUT2D eigenvalue weighted by molar-refractivity contribution is 6.30. The maximum Gasteiger partial charge on any atom is 0.133 e. The van der Waals surface area contributed by atoms with Crippen LogP contribution in [0.4, 0.5) is 5.82 Å². The minimum Gasteiger partial charge on any atom is -0.370 e. The van der Waals surface area contributed by atoms with E-state index in [1.165, 1.54) is 54.7 Å². The van der Waals surface area contributed by atoms with Crippen LogP contribution in [0.25, 0.3) is 5.69 Å². The Kier molecular flexibility index (Phi) is 3.61. The Morgan fingerprint density at radius 2 is 2.09 bits per heavy atom. The van der Waals surface area contributed by atoms with Crippen molar-refractivity contribution < 1.29 is 0 Å². The van der Waals surface area contributed by atoms with E-state index in [1.54, 1.807) is 0 Å². The van der Waals surface area contributed by atoms with Crippen LogP contribution in [0.15, 0.2) is 18.2 Å². The van der Waals surface area contributed by atoms with Crippen LogP contribution in [0.1, 0.15) is 54.8 Å². The summed E-state index contributed by atoms with van der Waals surface area (Å²) in [5.74, 6) is 1.86. The van der Waals surface area contributed by atoms with Crippen LogP contribution in [-0.2, 0) is 6.42 Å². The van der Waals surface area contributed by atoms with Gasteiger partial charge in [0.25, 0.3) is 0 Å². The zero-order chi connectivity index (χ0) is 15.1. The second-order valence-corrected chi connectivity index (χ2v) is 7.00. The van der Waals surface area contributed by atoms with Gasteiger partial charge in [-0.3, -0.25) is 0 Å². The number of hydrogen-bond donors (Lipinski definition) is 1. The highest BCUT2D eigenvalue weighted by atomic mass is 35.5. The highest BCUT2D eigenvalue weighted by Gasteiger charge is 2.29. The second-order valence-electron chi connectivity index (χ2n) is 6.57. The van der Waals surface area contributed by atoms with Crippen LogP contribution in [0, 0.1) is 6.92 Å². The summed E-state index contributed by atoms with van der Waals surface area (Å²) < 4.78 is 2.11. The van der Waals surface area contributed by atoms with Crippen LogP contribution in [0.3, 0.4) is 0 Å². The lowest BCUT2D eigenvalue weighted by molar-refractivity contribution is 0.406. The van der Waals surface area contributed by atoms with E-state index in [2.05, 4.69) is 23.0 Å². The molecule has 1 aromatic carbocycles. The molecule has 22 heavy (non-hydrogen) atoms. The van der Waals surface area contributed by atoms with Crippen molar-refractivity contribution in [3.63, 3.8) is 0 Å². The lowest BCUT2D eigenvalue weighted by Crippen LogP contribution is -2.12. The molecule has 1 fully saturated rings. The predicted molar refractivity (Wildman–Crippen MR) is 91.3 cm³/mol. The Labute approximate surface area is 136 Å². The van der Waals surface area contributed by atoms with E-state index < -0.39 is 0 Å². The Bertz CT molecular complexity index is 701. The first kappa shape index (κ1) is 14.1. The average Bonchev–Trinajstić information content (AvgIpc) is 2.65. The van der Waals surface area contributed by atoms with Crippen LogP contribution in [-0.4, -0.2) is 16.3 Å². The standard InChI is InChI=1S/C18H22ClN3/c1-12-8-9-14(19)11-16(12)22-18-15(7-2-3-10-20-18)17(21-22)13-5-4-6-13/h8-9,11,13,20H,2-7,10H2,1H3. The van der Waals surface area contributed by atoms with Crippen molar-refractivity contribution in [1.82, 2.24) is 9.78 Å². The molecule has 1 aliphatic carbocycles. The molecule has 0 unspecified atom stereocenters. The zero-order valence-electron chi connectivity index (χ0n) is 13.0. The van der Waals surface area contributed by atoms with Crippen molar-refractivity contribution in [2.75, 3.05) is 11.9 Å². The number of aromatic nitrogens is 2. The van der Waals surface area contributed by atoms with Gasteiger partial charge in [0, 0.05) is 23.0 Å². The van der Waals surface area contributed by atoms with E-state index in [4.69, 9.17) is 16.7 Å². The molecule has 1 N–H and O–H groups in total. The topological polar surface area (TPSA) is 29.9 Å². The maximum atomic E-state index is 6.23. The summed E-state index contributed by atoms with van der Waals surface area (Å²) in [4.78, 5) is 0. The van der Waals surface area contributed by atoms with Crippen molar-refractivity contribution in [2.45, 2.75) is 51.4 Å². The molecule has 4 rings (SSSR count). The second kappa shape index (κ2) is 5.62. The van der Waals surface area contributed by atoms with Gasteiger partial charge in [0.2, 0.25) is 0 Å². The summed E-state index contributed by atoms with van der Waals surface area (Å²) in [6.45, 7) is 3.15. The minimum atomic E-state index is 0.661. The molecular weight excluding hydrogens is 294 g/mol. The van der Waals surface area contributed by atoms with Crippen LogP contribution in [0.2, 0.25) is 5.02 Å². The summed E-state index contributed by atoms with van der Waals surface area (Å²) >= 11 is 6.23. The third-order valence-corrected chi connectivity index (χ3v) is 5.29. The van der Waals surface area contributed by atoms with Gasteiger partial charge in [-0.25, -0.2) is 4.68 Å². The number of rotatable bonds is 2. The van der Waals surface area contributed by atoms with Crippen molar-refractivity contribution in [3.05, 3.63) is 40.0 Å². The largest absolute Gasteiger partial charge is 0.370 e. The smallest absolute Gasteiger partial charge is 0.133 e. The van der Waals surface area contributed by atoms with Gasteiger partial charge in [-0.2, -0.15) is 5.10 Å². The molecule has 1 aliphatic heterocycles. The molecule has 0 atom stereocenters. The van der Waals surface area contributed by atoms with E-state index in [-0.39, 0.29) is 0 Å². The lowest BCUT2D eigenvalue weighted by atomic mass is 9.81.